The van der Waals surface area contributed by atoms with Crippen molar-refractivity contribution in [3.8, 4) is 0 Å². The Hall–Kier alpha value is -1.81. The van der Waals surface area contributed by atoms with Crippen molar-refractivity contribution in [1.29, 1.82) is 0 Å². The molecule has 1 aromatic heterocycles. The standard InChI is InChI=1S/C11H12N2O2/c14-6-5-12-11(15)10-7-8-3-1-2-4-9(8)13-10/h1-4,7,13-14H,5-6H2,(H,12,15). The van der Waals surface area contributed by atoms with Gasteiger partial charge in [0.1, 0.15) is 5.69 Å². The van der Waals surface area contributed by atoms with Crippen LogP contribution in [0.25, 0.3) is 10.9 Å². The number of para-hydroxylation sites is 1. The third kappa shape index (κ3) is 1.99. The van der Waals surface area contributed by atoms with E-state index in [4.69, 9.17) is 5.11 Å². The number of aromatic nitrogens is 1. The number of amides is 1. The summed E-state index contributed by atoms with van der Waals surface area (Å²) < 4.78 is 0. The summed E-state index contributed by atoms with van der Waals surface area (Å²) in [7, 11) is 0. The molecular formula is C11H12N2O2. The maximum Gasteiger partial charge on any atom is 0.267 e. The van der Waals surface area contributed by atoms with Crippen molar-refractivity contribution in [2.45, 2.75) is 0 Å². The van der Waals surface area contributed by atoms with Crippen molar-refractivity contribution in [2.24, 2.45) is 0 Å². The van der Waals surface area contributed by atoms with Crippen LogP contribution in [-0.2, 0) is 0 Å². The van der Waals surface area contributed by atoms with Gasteiger partial charge in [-0.15, -0.1) is 0 Å². The molecule has 2 aromatic rings. The number of carbonyl (C=O) groups is 1. The maximum absolute atomic E-state index is 11.5. The molecule has 78 valence electrons. The minimum atomic E-state index is -0.194. The molecule has 0 aliphatic rings. The maximum atomic E-state index is 11.5. The number of fused-ring (bicyclic) bond motifs is 1. The van der Waals surface area contributed by atoms with Gasteiger partial charge in [0, 0.05) is 17.4 Å². The average Bonchev–Trinajstić information content (AvgIpc) is 2.69. The molecule has 0 bridgehead atoms. The first kappa shape index (κ1) is 9.73. The topological polar surface area (TPSA) is 65.1 Å². The first-order valence-electron chi connectivity index (χ1n) is 4.78. The van der Waals surface area contributed by atoms with E-state index >= 15 is 0 Å². The van der Waals surface area contributed by atoms with Crippen LogP contribution in [0.3, 0.4) is 0 Å². The Morgan fingerprint density at radius 3 is 2.93 bits per heavy atom. The van der Waals surface area contributed by atoms with E-state index in [0.717, 1.165) is 10.9 Å². The summed E-state index contributed by atoms with van der Waals surface area (Å²) in [6.45, 7) is 0.222. The Balaban J connectivity index is 2.25. The highest BCUT2D eigenvalue weighted by Crippen LogP contribution is 2.14. The van der Waals surface area contributed by atoms with Crippen LogP contribution in [0.2, 0.25) is 0 Å². The fourth-order valence-electron chi connectivity index (χ4n) is 1.46. The van der Waals surface area contributed by atoms with Crippen LogP contribution < -0.4 is 5.32 Å². The highest BCUT2D eigenvalue weighted by Gasteiger charge is 2.07. The highest BCUT2D eigenvalue weighted by molar-refractivity contribution is 5.97. The first-order chi connectivity index (χ1) is 7.31. The summed E-state index contributed by atoms with van der Waals surface area (Å²) in [5.41, 5.74) is 1.45. The lowest BCUT2D eigenvalue weighted by Crippen LogP contribution is -2.26. The summed E-state index contributed by atoms with van der Waals surface area (Å²) in [5.74, 6) is -0.194. The molecule has 0 fully saturated rings. The van der Waals surface area contributed by atoms with Gasteiger partial charge in [0.25, 0.3) is 5.91 Å². The first-order valence-corrected chi connectivity index (χ1v) is 4.78. The Morgan fingerprint density at radius 1 is 1.40 bits per heavy atom. The average molecular weight is 204 g/mol. The number of aromatic amines is 1. The minimum absolute atomic E-state index is 0.0496. The SMILES string of the molecule is O=C(NCCO)c1cc2ccccc2[nH]1. The zero-order valence-corrected chi connectivity index (χ0v) is 8.16. The molecule has 4 nitrogen and oxygen atoms in total. The van der Waals surface area contributed by atoms with Gasteiger partial charge in [0.15, 0.2) is 0 Å². The minimum Gasteiger partial charge on any atom is -0.395 e. The molecule has 4 heteroatoms. The molecule has 1 amide bonds. The molecule has 0 unspecified atom stereocenters. The van der Waals surface area contributed by atoms with Crippen molar-refractivity contribution in [3.63, 3.8) is 0 Å². The summed E-state index contributed by atoms with van der Waals surface area (Å²) in [6, 6.07) is 9.48. The molecule has 0 radical (unpaired) electrons. The molecule has 0 spiro atoms. The van der Waals surface area contributed by atoms with E-state index in [1.807, 2.05) is 24.3 Å². The Morgan fingerprint density at radius 2 is 2.20 bits per heavy atom. The number of hydrogen-bond donors (Lipinski definition) is 3. The quantitative estimate of drug-likeness (QED) is 0.695. The monoisotopic (exact) mass is 204 g/mol. The number of rotatable bonds is 3. The van der Waals surface area contributed by atoms with E-state index in [0.29, 0.717) is 5.69 Å². The van der Waals surface area contributed by atoms with E-state index in [2.05, 4.69) is 10.3 Å². The third-order valence-electron chi connectivity index (χ3n) is 2.17. The number of carbonyl (C=O) groups excluding carboxylic acids is 1. The summed E-state index contributed by atoms with van der Waals surface area (Å²) >= 11 is 0. The Labute approximate surface area is 86.9 Å². The van der Waals surface area contributed by atoms with Gasteiger partial charge < -0.3 is 15.4 Å². The number of benzene rings is 1. The van der Waals surface area contributed by atoms with Crippen molar-refractivity contribution >= 4 is 16.8 Å². The zero-order valence-electron chi connectivity index (χ0n) is 8.16. The largest absolute Gasteiger partial charge is 0.395 e. The van der Waals surface area contributed by atoms with Crippen molar-refractivity contribution in [1.82, 2.24) is 10.3 Å². The van der Waals surface area contributed by atoms with Gasteiger partial charge in [-0.3, -0.25) is 4.79 Å². The normalized spacial score (nSPS) is 10.5. The second kappa shape index (κ2) is 4.14. The second-order valence-electron chi connectivity index (χ2n) is 3.25. The molecular weight excluding hydrogens is 192 g/mol. The van der Waals surface area contributed by atoms with E-state index < -0.39 is 0 Å². The molecule has 0 aliphatic carbocycles. The number of hydrogen-bond acceptors (Lipinski definition) is 2. The molecule has 1 aromatic carbocycles. The summed E-state index contributed by atoms with van der Waals surface area (Å²) in [6.07, 6.45) is 0. The van der Waals surface area contributed by atoms with Crippen LogP contribution in [0.1, 0.15) is 10.5 Å². The van der Waals surface area contributed by atoms with E-state index in [1.165, 1.54) is 0 Å². The Kier molecular flexibility index (Phi) is 2.69. The summed E-state index contributed by atoms with van der Waals surface area (Å²) in [4.78, 5) is 14.5. The number of aliphatic hydroxyl groups excluding tert-OH is 1. The highest BCUT2D eigenvalue weighted by atomic mass is 16.3. The molecule has 1 heterocycles. The van der Waals surface area contributed by atoms with Gasteiger partial charge in [-0.05, 0) is 12.1 Å². The number of H-pyrrole nitrogens is 1. The van der Waals surface area contributed by atoms with Crippen LogP contribution in [0.15, 0.2) is 30.3 Å². The lowest BCUT2D eigenvalue weighted by molar-refractivity contribution is 0.0940. The molecule has 0 atom stereocenters. The fraction of sp³-hybridized carbons (Fsp3) is 0.182. The van der Waals surface area contributed by atoms with Gasteiger partial charge in [-0.2, -0.15) is 0 Å². The third-order valence-corrected chi connectivity index (χ3v) is 2.17. The second-order valence-corrected chi connectivity index (χ2v) is 3.25. The van der Waals surface area contributed by atoms with Crippen molar-refractivity contribution in [2.75, 3.05) is 13.2 Å². The molecule has 0 aliphatic heterocycles. The summed E-state index contributed by atoms with van der Waals surface area (Å²) in [5, 5.41) is 12.2. The van der Waals surface area contributed by atoms with Crippen LogP contribution in [0.5, 0.6) is 0 Å². The van der Waals surface area contributed by atoms with Crippen molar-refractivity contribution < 1.29 is 9.90 Å². The van der Waals surface area contributed by atoms with E-state index in [-0.39, 0.29) is 19.1 Å². The van der Waals surface area contributed by atoms with E-state index in [9.17, 15) is 4.79 Å². The van der Waals surface area contributed by atoms with E-state index in [1.54, 1.807) is 6.07 Å². The van der Waals surface area contributed by atoms with Gasteiger partial charge in [-0.1, -0.05) is 18.2 Å². The zero-order chi connectivity index (χ0) is 10.7. The molecule has 3 N–H and O–H groups in total. The molecule has 15 heavy (non-hydrogen) atoms. The number of aliphatic hydroxyl groups is 1. The van der Waals surface area contributed by atoms with Gasteiger partial charge >= 0.3 is 0 Å². The Bertz CT molecular complexity index is 443. The van der Waals surface area contributed by atoms with Gasteiger partial charge in [-0.25, -0.2) is 0 Å². The van der Waals surface area contributed by atoms with Crippen LogP contribution >= 0.6 is 0 Å². The van der Waals surface area contributed by atoms with Crippen LogP contribution in [-0.4, -0.2) is 29.1 Å². The predicted octanol–water partition coefficient (Wildman–Crippen LogP) is 0.890. The van der Waals surface area contributed by atoms with Crippen molar-refractivity contribution in [3.05, 3.63) is 36.0 Å². The predicted molar refractivity (Wildman–Crippen MR) is 57.7 cm³/mol. The number of nitrogens with one attached hydrogen (secondary N) is 2. The van der Waals surface area contributed by atoms with Gasteiger partial charge in [0.2, 0.25) is 0 Å². The van der Waals surface area contributed by atoms with Crippen LogP contribution in [0.4, 0.5) is 0 Å². The molecule has 0 saturated heterocycles. The van der Waals surface area contributed by atoms with Gasteiger partial charge in [0.05, 0.1) is 6.61 Å². The lowest BCUT2D eigenvalue weighted by Gasteiger charge is -1.99. The lowest BCUT2D eigenvalue weighted by atomic mass is 10.2. The molecule has 2 rings (SSSR count). The fourth-order valence-corrected chi connectivity index (χ4v) is 1.46. The smallest absolute Gasteiger partial charge is 0.267 e. The molecule has 0 saturated carbocycles. The van der Waals surface area contributed by atoms with Crippen LogP contribution in [0, 0.1) is 0 Å².